The molecule has 1 N–H and O–H groups in total. The third-order valence-corrected chi connectivity index (χ3v) is 7.39. The Bertz CT molecular complexity index is 1110. The quantitative estimate of drug-likeness (QED) is 0.561. The van der Waals surface area contributed by atoms with Gasteiger partial charge in [-0.3, -0.25) is 14.5 Å². The van der Waals surface area contributed by atoms with E-state index in [9.17, 15) is 14.4 Å². The molecule has 2 aliphatic rings. The maximum Gasteiger partial charge on any atom is 0.325 e. The van der Waals surface area contributed by atoms with Crippen LogP contribution in [-0.2, 0) is 16.0 Å². The Morgan fingerprint density at radius 3 is 2.49 bits per heavy atom. The molecule has 2 aromatic carbocycles. The van der Waals surface area contributed by atoms with Gasteiger partial charge in [-0.1, -0.05) is 54.6 Å². The molecule has 2 saturated heterocycles. The van der Waals surface area contributed by atoms with E-state index < -0.39 is 11.6 Å². The summed E-state index contributed by atoms with van der Waals surface area (Å²) in [5.74, 6) is -0.443. The van der Waals surface area contributed by atoms with Gasteiger partial charge in [0.2, 0.25) is 0 Å². The number of halogens is 1. The fourth-order valence-electron chi connectivity index (χ4n) is 5.03. The van der Waals surface area contributed by atoms with E-state index in [0.29, 0.717) is 42.9 Å². The number of urea groups is 1. The third kappa shape index (κ3) is 4.97. The number of likely N-dealkylation sites (tertiary alicyclic amines) is 1. The fraction of sp³-hybridized carbons (Fsp3) is 0.370. The molecule has 0 aliphatic carbocycles. The van der Waals surface area contributed by atoms with Crippen LogP contribution < -0.4 is 5.32 Å². The van der Waals surface area contributed by atoms with Crippen molar-refractivity contribution in [2.75, 3.05) is 33.4 Å². The lowest BCUT2D eigenvalue weighted by Gasteiger charge is -2.41. The second-order valence-electron chi connectivity index (χ2n) is 9.01. The van der Waals surface area contributed by atoms with Crippen LogP contribution in [0.1, 0.15) is 34.3 Å². The molecule has 0 radical (unpaired) electrons. The van der Waals surface area contributed by atoms with Gasteiger partial charge in [0.1, 0.15) is 5.54 Å². The minimum Gasteiger partial charge on any atom is -0.383 e. The molecule has 35 heavy (non-hydrogen) atoms. The number of ether oxygens (including phenoxy) is 1. The molecule has 1 atom stereocenters. The molecule has 2 fully saturated rings. The Hall–Kier alpha value is -3.16. The highest BCUT2D eigenvalue weighted by Crippen LogP contribution is 2.38. The van der Waals surface area contributed by atoms with Crippen LogP contribution in [0.5, 0.6) is 0 Å². The van der Waals surface area contributed by atoms with Crippen LogP contribution in [-0.4, -0.2) is 66.5 Å². The highest BCUT2D eigenvalue weighted by molar-refractivity contribution is 6.31. The highest BCUT2D eigenvalue weighted by Gasteiger charge is 2.56. The molecule has 8 heteroatoms. The van der Waals surface area contributed by atoms with Gasteiger partial charge >= 0.3 is 6.03 Å². The standard InChI is InChI=1S/C27H30ClN3O4/c1-3-19-8-10-20(11-9-19)24(32)30-14-12-22(13-15-30)27(18-21-6-4-5-7-23(21)28)25(33)31(16-17-35-2)26(34)29-27/h3-11,22H,1,12-18H2,2H3,(H,29,34)/t27-/m0/s1. The van der Waals surface area contributed by atoms with Gasteiger partial charge in [-0.25, -0.2) is 4.79 Å². The van der Waals surface area contributed by atoms with Crippen LogP contribution in [0.2, 0.25) is 5.02 Å². The number of carbonyl (C=O) groups is 3. The van der Waals surface area contributed by atoms with Gasteiger partial charge in [-0.15, -0.1) is 0 Å². The minimum absolute atomic E-state index is 0.0391. The summed E-state index contributed by atoms with van der Waals surface area (Å²) >= 11 is 6.45. The molecule has 0 saturated carbocycles. The summed E-state index contributed by atoms with van der Waals surface area (Å²) < 4.78 is 5.10. The zero-order valence-corrected chi connectivity index (χ0v) is 20.6. The average Bonchev–Trinajstić information content (AvgIpc) is 3.13. The summed E-state index contributed by atoms with van der Waals surface area (Å²) in [6, 6.07) is 14.3. The van der Waals surface area contributed by atoms with Crippen molar-refractivity contribution < 1.29 is 19.1 Å². The molecule has 0 unspecified atom stereocenters. The number of piperidine rings is 1. The van der Waals surface area contributed by atoms with E-state index in [1.807, 2.05) is 35.2 Å². The van der Waals surface area contributed by atoms with Crippen LogP contribution in [0, 0.1) is 5.92 Å². The molecule has 7 nitrogen and oxygen atoms in total. The molecule has 2 aliphatic heterocycles. The topological polar surface area (TPSA) is 79.0 Å². The van der Waals surface area contributed by atoms with Crippen molar-refractivity contribution in [2.45, 2.75) is 24.8 Å². The Morgan fingerprint density at radius 2 is 1.86 bits per heavy atom. The summed E-state index contributed by atoms with van der Waals surface area (Å²) in [5, 5.41) is 3.58. The number of rotatable bonds is 8. The van der Waals surface area contributed by atoms with Crippen LogP contribution in [0.4, 0.5) is 4.79 Å². The van der Waals surface area contributed by atoms with Gasteiger partial charge in [-0.05, 0) is 48.1 Å². The Balaban J connectivity index is 1.55. The summed E-state index contributed by atoms with van der Waals surface area (Å²) in [4.78, 5) is 42.7. The second-order valence-corrected chi connectivity index (χ2v) is 9.42. The van der Waals surface area contributed by atoms with Crippen LogP contribution >= 0.6 is 11.6 Å². The summed E-state index contributed by atoms with van der Waals surface area (Å²) in [6.07, 6.45) is 3.21. The second kappa shape index (κ2) is 10.6. The van der Waals surface area contributed by atoms with Gasteiger partial charge in [-0.2, -0.15) is 0 Å². The number of amides is 4. The highest BCUT2D eigenvalue weighted by atomic mass is 35.5. The van der Waals surface area contributed by atoms with Gasteiger partial charge in [0.25, 0.3) is 11.8 Å². The van der Waals surface area contributed by atoms with E-state index in [-0.39, 0.29) is 30.9 Å². The first-order valence-corrected chi connectivity index (χ1v) is 12.2. The fourth-order valence-corrected chi connectivity index (χ4v) is 5.24. The molecule has 0 aromatic heterocycles. The molecule has 184 valence electrons. The number of nitrogens with one attached hydrogen (secondary N) is 1. The van der Waals surface area contributed by atoms with E-state index >= 15 is 0 Å². The SMILES string of the molecule is C=Cc1ccc(C(=O)N2CCC([C@]3(Cc4ccccc4Cl)NC(=O)N(CCOC)C3=O)CC2)cc1. The zero-order valence-electron chi connectivity index (χ0n) is 19.8. The van der Waals surface area contributed by atoms with E-state index in [2.05, 4.69) is 11.9 Å². The molecule has 4 amide bonds. The number of hydrogen-bond donors (Lipinski definition) is 1. The molecule has 2 aromatic rings. The average molecular weight is 496 g/mol. The van der Waals surface area contributed by atoms with E-state index in [1.165, 1.54) is 12.0 Å². The van der Waals surface area contributed by atoms with Crippen molar-refractivity contribution in [3.8, 4) is 0 Å². The number of methoxy groups -OCH3 is 1. The zero-order chi connectivity index (χ0) is 25.0. The lowest BCUT2D eigenvalue weighted by Crippen LogP contribution is -2.58. The predicted molar refractivity (Wildman–Crippen MR) is 135 cm³/mol. The van der Waals surface area contributed by atoms with Crippen molar-refractivity contribution in [1.82, 2.24) is 15.1 Å². The maximum absolute atomic E-state index is 13.7. The first-order chi connectivity index (χ1) is 16.9. The molecule has 4 rings (SSSR count). The maximum atomic E-state index is 13.7. The minimum atomic E-state index is -1.11. The van der Waals surface area contributed by atoms with Crippen LogP contribution in [0.15, 0.2) is 55.1 Å². The van der Waals surface area contributed by atoms with Crippen molar-refractivity contribution in [3.63, 3.8) is 0 Å². The predicted octanol–water partition coefficient (Wildman–Crippen LogP) is 4.01. The summed E-state index contributed by atoms with van der Waals surface area (Å²) in [7, 11) is 1.53. The molecular weight excluding hydrogens is 466 g/mol. The summed E-state index contributed by atoms with van der Waals surface area (Å²) in [5.41, 5.74) is 1.26. The Labute approximate surface area is 210 Å². The van der Waals surface area contributed by atoms with Crippen molar-refractivity contribution in [2.24, 2.45) is 5.92 Å². The van der Waals surface area contributed by atoms with E-state index in [4.69, 9.17) is 16.3 Å². The smallest absolute Gasteiger partial charge is 0.325 e. The van der Waals surface area contributed by atoms with E-state index in [1.54, 1.807) is 24.3 Å². The molecular formula is C27H30ClN3O4. The van der Waals surface area contributed by atoms with Gasteiger partial charge in [0.05, 0.1) is 13.2 Å². The summed E-state index contributed by atoms with van der Waals surface area (Å²) in [6.45, 7) is 5.19. The van der Waals surface area contributed by atoms with Crippen LogP contribution in [0.25, 0.3) is 6.08 Å². The third-order valence-electron chi connectivity index (χ3n) is 7.02. The number of imide groups is 1. The normalized spacial score (nSPS) is 20.7. The monoisotopic (exact) mass is 495 g/mol. The number of hydrogen-bond acceptors (Lipinski definition) is 4. The van der Waals surface area contributed by atoms with E-state index in [0.717, 1.165) is 11.1 Å². The molecule has 0 spiro atoms. The number of carbonyl (C=O) groups excluding carboxylic acids is 3. The lowest BCUT2D eigenvalue weighted by atomic mass is 9.73. The van der Waals surface area contributed by atoms with Crippen molar-refractivity contribution in [3.05, 3.63) is 76.8 Å². The molecule has 0 bridgehead atoms. The first-order valence-electron chi connectivity index (χ1n) is 11.8. The van der Waals surface area contributed by atoms with Gasteiger partial charge in [0, 0.05) is 37.2 Å². The number of nitrogens with zero attached hydrogens (tertiary/aromatic N) is 2. The Kier molecular flexibility index (Phi) is 7.57. The lowest BCUT2D eigenvalue weighted by molar-refractivity contribution is -0.134. The first kappa shape index (κ1) is 24.9. The largest absolute Gasteiger partial charge is 0.383 e. The van der Waals surface area contributed by atoms with Gasteiger partial charge < -0.3 is 15.0 Å². The van der Waals surface area contributed by atoms with Gasteiger partial charge in [0.15, 0.2) is 0 Å². The Morgan fingerprint density at radius 1 is 1.17 bits per heavy atom. The molecule has 2 heterocycles. The van der Waals surface area contributed by atoms with Crippen LogP contribution in [0.3, 0.4) is 0 Å². The van der Waals surface area contributed by atoms with Crippen molar-refractivity contribution in [1.29, 1.82) is 0 Å². The number of benzene rings is 2. The van der Waals surface area contributed by atoms with Crippen molar-refractivity contribution >= 4 is 35.5 Å².